The highest BCUT2D eigenvalue weighted by Crippen LogP contribution is 2.31. The number of nitrogens with one attached hydrogen (secondary N) is 2. The highest BCUT2D eigenvalue weighted by atomic mass is 35.5. The molecular formula is C22H21ClN6O2. The molecule has 2 heterocycles. The van der Waals surface area contributed by atoms with Crippen molar-refractivity contribution in [3.8, 4) is 17.1 Å². The van der Waals surface area contributed by atoms with Crippen molar-refractivity contribution in [2.24, 2.45) is 13.0 Å². The lowest BCUT2D eigenvalue weighted by Crippen LogP contribution is -2.19. The summed E-state index contributed by atoms with van der Waals surface area (Å²) >= 11 is 6.13. The number of carbonyl (C=O) groups excluding carboxylic acids is 1. The van der Waals surface area contributed by atoms with Gasteiger partial charge in [0.1, 0.15) is 11.4 Å². The van der Waals surface area contributed by atoms with E-state index in [1.807, 2.05) is 35.9 Å². The van der Waals surface area contributed by atoms with Gasteiger partial charge in [-0.05, 0) is 65.6 Å². The average molecular weight is 437 g/mol. The second-order valence-electron chi connectivity index (χ2n) is 7.81. The summed E-state index contributed by atoms with van der Waals surface area (Å²) in [6.07, 6.45) is 3.78. The molecule has 2 aromatic carbocycles. The summed E-state index contributed by atoms with van der Waals surface area (Å²) in [5.74, 6) is 1.67. The topological polar surface area (TPSA) is 97.7 Å². The molecule has 0 aliphatic heterocycles. The monoisotopic (exact) mass is 436 g/mol. The minimum atomic E-state index is -0.244. The first kappa shape index (κ1) is 19.6. The lowest BCUT2D eigenvalue weighted by Gasteiger charge is -2.25. The maximum atomic E-state index is 13.1. The van der Waals surface area contributed by atoms with Gasteiger partial charge in [-0.2, -0.15) is 0 Å². The zero-order chi connectivity index (χ0) is 21.4. The first-order valence-electron chi connectivity index (χ1n) is 10.2. The zero-order valence-corrected chi connectivity index (χ0v) is 17.7. The molecule has 0 radical (unpaired) electrons. The number of halogens is 1. The van der Waals surface area contributed by atoms with Gasteiger partial charge in [0.25, 0.3) is 5.91 Å². The van der Waals surface area contributed by atoms with E-state index in [0.29, 0.717) is 33.7 Å². The summed E-state index contributed by atoms with van der Waals surface area (Å²) in [5, 5.41) is 18.3. The van der Waals surface area contributed by atoms with Crippen molar-refractivity contribution >= 4 is 34.1 Å². The van der Waals surface area contributed by atoms with Crippen molar-refractivity contribution < 1.29 is 9.53 Å². The van der Waals surface area contributed by atoms with E-state index in [4.69, 9.17) is 16.3 Å². The number of fused-ring (bicyclic) bond motifs is 1. The molecule has 0 saturated heterocycles. The van der Waals surface area contributed by atoms with Gasteiger partial charge in [0.15, 0.2) is 5.82 Å². The molecule has 0 atom stereocenters. The predicted molar refractivity (Wildman–Crippen MR) is 118 cm³/mol. The number of rotatable bonds is 6. The van der Waals surface area contributed by atoms with Crippen LogP contribution in [0.25, 0.3) is 22.3 Å². The lowest BCUT2D eigenvalue weighted by atomic mass is 9.86. The molecule has 1 saturated carbocycles. The second kappa shape index (κ2) is 8.03. The molecule has 4 aromatic rings. The third-order valence-electron chi connectivity index (χ3n) is 5.79. The molecule has 1 amide bonds. The minimum Gasteiger partial charge on any atom is -0.493 e. The minimum absolute atomic E-state index is 0.244. The van der Waals surface area contributed by atoms with Crippen molar-refractivity contribution in [2.45, 2.75) is 19.3 Å². The van der Waals surface area contributed by atoms with Crippen LogP contribution in [0, 0.1) is 5.92 Å². The van der Waals surface area contributed by atoms with Gasteiger partial charge in [0.2, 0.25) is 0 Å². The number of nitrogens with zero attached hydrogens (tertiary/aromatic N) is 4. The number of benzene rings is 2. The number of ether oxygens (including phenoxy) is 1. The summed E-state index contributed by atoms with van der Waals surface area (Å²) in [6.45, 7) is 0.749. The quantitative estimate of drug-likeness (QED) is 0.465. The first-order valence-corrected chi connectivity index (χ1v) is 10.5. The number of anilines is 1. The van der Waals surface area contributed by atoms with E-state index in [-0.39, 0.29) is 5.91 Å². The molecule has 1 aliphatic carbocycles. The van der Waals surface area contributed by atoms with Gasteiger partial charge < -0.3 is 14.6 Å². The molecule has 31 heavy (non-hydrogen) atoms. The highest BCUT2D eigenvalue weighted by molar-refractivity contribution is 6.31. The van der Waals surface area contributed by atoms with Crippen LogP contribution in [0.2, 0.25) is 5.02 Å². The Morgan fingerprint density at radius 1 is 1.26 bits per heavy atom. The van der Waals surface area contributed by atoms with Crippen LogP contribution in [0.15, 0.2) is 42.5 Å². The van der Waals surface area contributed by atoms with Crippen LogP contribution in [0.1, 0.15) is 29.8 Å². The Kier molecular flexibility index (Phi) is 5.07. The van der Waals surface area contributed by atoms with Crippen LogP contribution in [0.4, 0.5) is 5.69 Å². The van der Waals surface area contributed by atoms with Crippen LogP contribution in [-0.2, 0) is 7.05 Å². The summed E-state index contributed by atoms with van der Waals surface area (Å²) in [5.41, 5.74) is 2.63. The van der Waals surface area contributed by atoms with E-state index in [0.717, 1.165) is 23.3 Å². The van der Waals surface area contributed by atoms with E-state index in [1.165, 1.54) is 19.3 Å². The largest absolute Gasteiger partial charge is 0.493 e. The smallest absolute Gasteiger partial charge is 0.272 e. The molecule has 0 unspecified atom stereocenters. The molecule has 0 bridgehead atoms. The Bertz CT molecular complexity index is 1250. The van der Waals surface area contributed by atoms with E-state index in [9.17, 15) is 4.79 Å². The van der Waals surface area contributed by atoms with Gasteiger partial charge in [0.05, 0.1) is 17.8 Å². The molecule has 1 aliphatic rings. The predicted octanol–water partition coefficient (Wildman–Crippen LogP) is 4.44. The number of aryl methyl sites for hydroxylation is 1. The fourth-order valence-electron chi connectivity index (χ4n) is 3.77. The van der Waals surface area contributed by atoms with Crippen LogP contribution in [-0.4, -0.2) is 37.7 Å². The number of hydrogen-bond donors (Lipinski definition) is 2. The summed E-state index contributed by atoms with van der Waals surface area (Å²) in [4.78, 5) is 13.1. The SMILES string of the molecule is Cn1c(C(=O)Nc2ccc(Cl)cc2-c2nnn[nH]2)cc2ccc(OCC3CCC3)cc21. The molecule has 8 nitrogen and oxygen atoms in total. The number of carbonyl (C=O) groups is 1. The van der Waals surface area contributed by atoms with E-state index in [2.05, 4.69) is 25.9 Å². The van der Waals surface area contributed by atoms with Gasteiger partial charge in [-0.15, -0.1) is 5.10 Å². The number of tetrazole rings is 1. The van der Waals surface area contributed by atoms with Crippen molar-refractivity contribution in [3.05, 3.63) is 53.2 Å². The second-order valence-corrected chi connectivity index (χ2v) is 8.25. The van der Waals surface area contributed by atoms with Crippen molar-refractivity contribution in [1.82, 2.24) is 25.2 Å². The van der Waals surface area contributed by atoms with E-state index < -0.39 is 0 Å². The van der Waals surface area contributed by atoms with Gasteiger partial charge >= 0.3 is 0 Å². The Hall–Kier alpha value is -3.39. The number of aromatic amines is 1. The molecule has 0 spiro atoms. The van der Waals surface area contributed by atoms with E-state index >= 15 is 0 Å². The Labute approximate surface area is 183 Å². The summed E-state index contributed by atoms with van der Waals surface area (Å²) < 4.78 is 7.83. The number of hydrogen-bond acceptors (Lipinski definition) is 5. The molecule has 2 N–H and O–H groups in total. The van der Waals surface area contributed by atoms with Gasteiger partial charge in [-0.1, -0.05) is 18.0 Å². The van der Waals surface area contributed by atoms with Crippen molar-refractivity contribution in [3.63, 3.8) is 0 Å². The summed E-state index contributed by atoms with van der Waals surface area (Å²) in [6, 6.07) is 12.9. The van der Waals surface area contributed by atoms with Gasteiger partial charge in [-0.25, -0.2) is 5.10 Å². The molecule has 158 valence electrons. The van der Waals surface area contributed by atoms with Crippen molar-refractivity contribution in [1.29, 1.82) is 0 Å². The third-order valence-corrected chi connectivity index (χ3v) is 6.03. The fourth-order valence-corrected chi connectivity index (χ4v) is 3.94. The molecule has 2 aromatic heterocycles. The lowest BCUT2D eigenvalue weighted by molar-refractivity contribution is 0.102. The Morgan fingerprint density at radius 2 is 2.13 bits per heavy atom. The van der Waals surface area contributed by atoms with Gasteiger partial charge in [-0.3, -0.25) is 4.79 Å². The van der Waals surface area contributed by atoms with E-state index in [1.54, 1.807) is 18.2 Å². The zero-order valence-electron chi connectivity index (χ0n) is 16.9. The number of amides is 1. The maximum absolute atomic E-state index is 13.1. The standard InChI is InChI=1S/C22H21ClN6O2/c1-29-19-11-16(31-12-13-3-2-4-13)7-5-14(19)9-20(29)22(30)24-18-8-6-15(23)10-17(18)21-25-27-28-26-21/h5-11,13H,2-4,12H2,1H3,(H,24,30)(H,25,26,27,28). The fraction of sp³-hybridized carbons (Fsp3) is 0.273. The molecule has 9 heteroatoms. The van der Waals surface area contributed by atoms with Crippen LogP contribution in [0.3, 0.4) is 0 Å². The third kappa shape index (κ3) is 3.86. The molecular weight excluding hydrogens is 416 g/mol. The molecule has 1 fully saturated rings. The van der Waals surface area contributed by atoms with Gasteiger partial charge in [0, 0.05) is 29.1 Å². The normalized spacial score (nSPS) is 13.9. The van der Waals surface area contributed by atoms with Crippen LogP contribution >= 0.6 is 11.6 Å². The average Bonchev–Trinajstić information content (AvgIpc) is 3.37. The van der Waals surface area contributed by atoms with Crippen LogP contribution < -0.4 is 10.1 Å². The first-order chi connectivity index (χ1) is 15.1. The maximum Gasteiger partial charge on any atom is 0.272 e. The Morgan fingerprint density at radius 3 is 2.87 bits per heavy atom. The van der Waals surface area contributed by atoms with Crippen molar-refractivity contribution in [2.75, 3.05) is 11.9 Å². The summed E-state index contributed by atoms with van der Waals surface area (Å²) in [7, 11) is 1.87. The Balaban J connectivity index is 1.40. The molecule has 5 rings (SSSR count). The van der Waals surface area contributed by atoms with Crippen LogP contribution in [0.5, 0.6) is 5.75 Å². The number of aromatic nitrogens is 5. The number of H-pyrrole nitrogens is 1. The highest BCUT2D eigenvalue weighted by Gasteiger charge is 2.19.